The molecule has 0 atom stereocenters. The van der Waals surface area contributed by atoms with E-state index < -0.39 is 10.0 Å². The first-order valence-electron chi connectivity index (χ1n) is 6.45. The van der Waals surface area contributed by atoms with E-state index in [1.54, 1.807) is 33.2 Å². The molecule has 0 aliphatic carbocycles. The predicted molar refractivity (Wildman–Crippen MR) is 82.7 cm³/mol. The molecular weight excluding hydrogens is 312 g/mol. The van der Waals surface area contributed by atoms with Crippen LogP contribution in [0, 0.1) is 0 Å². The summed E-state index contributed by atoms with van der Waals surface area (Å²) in [5.41, 5.74) is 0. The Balaban J connectivity index is 1.61. The molecule has 1 aliphatic heterocycles. The summed E-state index contributed by atoms with van der Waals surface area (Å²) in [5, 5.41) is 3.88. The maximum absolute atomic E-state index is 12.4. The topological polar surface area (TPSA) is 40.6 Å². The molecule has 0 radical (unpaired) electrons. The molecule has 0 amide bonds. The zero-order valence-corrected chi connectivity index (χ0v) is 13.4. The number of thiophene rings is 2. The van der Waals surface area contributed by atoms with Crippen molar-refractivity contribution < 1.29 is 8.42 Å². The second kappa shape index (κ2) is 5.95. The quantitative estimate of drug-likeness (QED) is 0.865. The van der Waals surface area contributed by atoms with Gasteiger partial charge in [0.05, 0.1) is 0 Å². The molecule has 108 valence electrons. The van der Waals surface area contributed by atoms with E-state index in [4.69, 9.17) is 0 Å². The highest BCUT2D eigenvalue weighted by Crippen LogP contribution is 2.22. The highest BCUT2D eigenvalue weighted by atomic mass is 32.2. The van der Waals surface area contributed by atoms with Crippen molar-refractivity contribution in [1.29, 1.82) is 0 Å². The summed E-state index contributed by atoms with van der Waals surface area (Å²) in [7, 11) is -3.28. The van der Waals surface area contributed by atoms with Crippen molar-refractivity contribution >= 4 is 32.7 Å². The lowest BCUT2D eigenvalue weighted by Crippen LogP contribution is -2.47. The minimum atomic E-state index is -3.28. The van der Waals surface area contributed by atoms with E-state index in [-0.39, 0.29) is 0 Å². The third kappa shape index (κ3) is 2.96. The van der Waals surface area contributed by atoms with E-state index in [1.807, 2.05) is 0 Å². The summed E-state index contributed by atoms with van der Waals surface area (Å²) in [6.45, 7) is 3.66. The Labute approximate surface area is 127 Å². The Morgan fingerprint density at radius 3 is 2.30 bits per heavy atom. The first kappa shape index (κ1) is 14.2. The van der Waals surface area contributed by atoms with Gasteiger partial charge in [-0.25, -0.2) is 8.42 Å². The molecule has 0 N–H and O–H groups in total. The number of hydrogen-bond acceptors (Lipinski definition) is 5. The van der Waals surface area contributed by atoms with Gasteiger partial charge in [-0.1, -0.05) is 12.1 Å². The van der Waals surface area contributed by atoms with Gasteiger partial charge >= 0.3 is 0 Å². The maximum Gasteiger partial charge on any atom is 0.252 e. The smallest absolute Gasteiger partial charge is 0.252 e. The van der Waals surface area contributed by atoms with Crippen LogP contribution in [0.3, 0.4) is 0 Å². The van der Waals surface area contributed by atoms with Gasteiger partial charge in [0, 0.05) is 37.6 Å². The maximum atomic E-state index is 12.4. The Bertz CT molecular complexity index is 627. The molecule has 3 rings (SSSR count). The zero-order valence-electron chi connectivity index (χ0n) is 10.9. The molecule has 2 aromatic rings. The van der Waals surface area contributed by atoms with E-state index in [0.717, 1.165) is 19.6 Å². The second-order valence-electron chi connectivity index (χ2n) is 4.69. The van der Waals surface area contributed by atoms with Crippen molar-refractivity contribution in [2.75, 3.05) is 26.2 Å². The van der Waals surface area contributed by atoms with Gasteiger partial charge in [-0.15, -0.1) is 22.7 Å². The molecule has 2 aromatic heterocycles. The van der Waals surface area contributed by atoms with Crippen molar-refractivity contribution in [2.24, 2.45) is 0 Å². The fraction of sp³-hybridized carbons (Fsp3) is 0.385. The van der Waals surface area contributed by atoms with Crippen molar-refractivity contribution in [3.63, 3.8) is 0 Å². The Hall–Kier alpha value is -0.730. The Morgan fingerprint density at radius 1 is 1.00 bits per heavy atom. The lowest BCUT2D eigenvalue weighted by atomic mass is 10.3. The van der Waals surface area contributed by atoms with Gasteiger partial charge in [0.15, 0.2) is 0 Å². The summed E-state index contributed by atoms with van der Waals surface area (Å²) in [4.78, 5) is 3.64. The van der Waals surface area contributed by atoms with E-state index in [0.29, 0.717) is 17.3 Å². The van der Waals surface area contributed by atoms with Gasteiger partial charge < -0.3 is 0 Å². The highest BCUT2D eigenvalue weighted by Gasteiger charge is 2.29. The van der Waals surface area contributed by atoms with Crippen LogP contribution < -0.4 is 0 Å². The largest absolute Gasteiger partial charge is 0.296 e. The lowest BCUT2D eigenvalue weighted by Gasteiger charge is -2.33. The molecule has 0 spiro atoms. The minimum Gasteiger partial charge on any atom is -0.296 e. The van der Waals surface area contributed by atoms with Crippen molar-refractivity contribution in [2.45, 2.75) is 10.8 Å². The first-order valence-corrected chi connectivity index (χ1v) is 9.64. The van der Waals surface area contributed by atoms with Crippen LogP contribution in [-0.2, 0) is 16.6 Å². The number of nitrogens with zero attached hydrogens (tertiary/aromatic N) is 2. The molecule has 7 heteroatoms. The van der Waals surface area contributed by atoms with Crippen LogP contribution >= 0.6 is 22.7 Å². The Morgan fingerprint density at radius 2 is 1.70 bits per heavy atom. The van der Waals surface area contributed by atoms with Crippen LogP contribution in [0.2, 0.25) is 0 Å². The van der Waals surface area contributed by atoms with Crippen LogP contribution in [0.25, 0.3) is 0 Å². The average molecular weight is 328 g/mol. The number of piperazine rings is 1. The van der Waals surface area contributed by atoms with Crippen LogP contribution in [0.15, 0.2) is 39.2 Å². The van der Waals surface area contributed by atoms with Gasteiger partial charge in [0.25, 0.3) is 10.0 Å². The molecule has 1 fully saturated rings. The van der Waals surface area contributed by atoms with Crippen LogP contribution in [0.5, 0.6) is 0 Å². The van der Waals surface area contributed by atoms with Gasteiger partial charge in [-0.05, 0) is 22.9 Å². The third-order valence-electron chi connectivity index (χ3n) is 3.38. The summed E-state index contributed by atoms with van der Waals surface area (Å²) in [6, 6.07) is 7.64. The van der Waals surface area contributed by atoms with Crippen molar-refractivity contribution in [3.8, 4) is 0 Å². The van der Waals surface area contributed by atoms with Gasteiger partial charge in [0.1, 0.15) is 4.21 Å². The standard InChI is InChI=1S/C13H16N2O2S3/c16-20(17,13-4-2-10-19-13)15-7-5-14(6-8-15)11-12-3-1-9-18-12/h1-4,9-10H,5-8,11H2. The van der Waals surface area contributed by atoms with Crippen molar-refractivity contribution in [1.82, 2.24) is 9.21 Å². The molecule has 0 unspecified atom stereocenters. The molecule has 3 heterocycles. The summed E-state index contributed by atoms with van der Waals surface area (Å²) < 4.78 is 26.8. The van der Waals surface area contributed by atoms with Crippen LogP contribution in [0.4, 0.5) is 0 Å². The molecule has 1 saturated heterocycles. The first-order chi connectivity index (χ1) is 9.66. The average Bonchev–Trinajstić information content (AvgIpc) is 3.12. The van der Waals surface area contributed by atoms with Gasteiger partial charge in [-0.2, -0.15) is 4.31 Å². The third-order valence-corrected chi connectivity index (χ3v) is 7.51. The summed E-state index contributed by atoms with van der Waals surface area (Å²) in [5.74, 6) is 0. The Kier molecular flexibility index (Phi) is 4.23. The van der Waals surface area contributed by atoms with Crippen molar-refractivity contribution in [3.05, 3.63) is 39.9 Å². The monoisotopic (exact) mass is 328 g/mol. The molecule has 1 aliphatic rings. The lowest BCUT2D eigenvalue weighted by molar-refractivity contribution is 0.183. The summed E-state index contributed by atoms with van der Waals surface area (Å²) >= 11 is 3.04. The van der Waals surface area contributed by atoms with Gasteiger partial charge in [0.2, 0.25) is 0 Å². The number of rotatable bonds is 4. The van der Waals surface area contributed by atoms with Crippen LogP contribution in [0.1, 0.15) is 4.88 Å². The molecule has 0 saturated carbocycles. The second-order valence-corrected chi connectivity index (χ2v) is 8.84. The van der Waals surface area contributed by atoms with E-state index >= 15 is 0 Å². The van der Waals surface area contributed by atoms with E-state index in [1.165, 1.54) is 16.2 Å². The number of sulfonamides is 1. The molecule has 0 aromatic carbocycles. The van der Waals surface area contributed by atoms with Crippen LogP contribution in [-0.4, -0.2) is 43.8 Å². The van der Waals surface area contributed by atoms with E-state index in [9.17, 15) is 8.42 Å². The highest BCUT2D eigenvalue weighted by molar-refractivity contribution is 7.91. The summed E-state index contributed by atoms with van der Waals surface area (Å²) in [6.07, 6.45) is 0. The SMILES string of the molecule is O=S(=O)(c1cccs1)N1CCN(Cc2cccs2)CC1. The minimum absolute atomic E-state index is 0.448. The molecular formula is C13H16N2O2S3. The zero-order chi connectivity index (χ0) is 14.0. The fourth-order valence-electron chi connectivity index (χ4n) is 2.29. The predicted octanol–water partition coefficient (Wildman–Crippen LogP) is 2.32. The molecule has 4 nitrogen and oxygen atoms in total. The van der Waals surface area contributed by atoms with E-state index in [2.05, 4.69) is 22.4 Å². The number of hydrogen-bond donors (Lipinski definition) is 0. The molecule has 0 bridgehead atoms. The normalized spacial score (nSPS) is 18.4. The molecule has 20 heavy (non-hydrogen) atoms. The fourth-order valence-corrected chi connectivity index (χ4v) is 5.60. The van der Waals surface area contributed by atoms with Gasteiger partial charge in [-0.3, -0.25) is 4.90 Å².